The van der Waals surface area contributed by atoms with Crippen molar-refractivity contribution in [2.75, 3.05) is 31.6 Å². The van der Waals surface area contributed by atoms with Gasteiger partial charge >= 0.3 is 0 Å². The molecule has 5 nitrogen and oxygen atoms in total. The van der Waals surface area contributed by atoms with Crippen LogP contribution in [0.3, 0.4) is 0 Å². The Balaban J connectivity index is 0.00000216. The predicted octanol–water partition coefficient (Wildman–Crippen LogP) is 5.66. The van der Waals surface area contributed by atoms with E-state index >= 15 is 0 Å². The van der Waals surface area contributed by atoms with Gasteiger partial charge in [-0.3, -0.25) is 14.7 Å². The summed E-state index contributed by atoms with van der Waals surface area (Å²) in [5, 5.41) is 0. The highest BCUT2D eigenvalue weighted by molar-refractivity contribution is 5.95. The summed E-state index contributed by atoms with van der Waals surface area (Å²) in [5.41, 5.74) is 6.15. The van der Waals surface area contributed by atoms with E-state index in [4.69, 9.17) is 4.74 Å². The van der Waals surface area contributed by atoms with Crippen LogP contribution in [0.25, 0.3) is 0 Å². The molecule has 0 spiro atoms. The number of carbonyl (C=O) groups excluding carboxylic acids is 1. The van der Waals surface area contributed by atoms with Gasteiger partial charge in [0.25, 0.3) is 0 Å². The van der Waals surface area contributed by atoms with Gasteiger partial charge in [-0.25, -0.2) is 0 Å². The maximum absolute atomic E-state index is 11.9. The van der Waals surface area contributed by atoms with E-state index in [2.05, 4.69) is 53.2 Å². The monoisotopic (exact) mass is 515 g/mol. The summed E-state index contributed by atoms with van der Waals surface area (Å²) in [6.07, 6.45) is 7.07. The number of aromatic nitrogens is 1. The van der Waals surface area contributed by atoms with Gasteiger partial charge in [0.1, 0.15) is 5.75 Å². The molecule has 35 heavy (non-hydrogen) atoms. The average Bonchev–Trinajstić information content (AvgIpc) is 2.84. The molecule has 1 amide bonds. The Morgan fingerprint density at radius 2 is 1.86 bits per heavy atom. The van der Waals surface area contributed by atoms with E-state index in [0.29, 0.717) is 13.0 Å². The maximum atomic E-state index is 11.9. The van der Waals surface area contributed by atoms with Crippen LogP contribution in [0.5, 0.6) is 5.75 Å². The summed E-state index contributed by atoms with van der Waals surface area (Å²) in [5.74, 6) is 1.06. The minimum atomic E-state index is 0. The minimum absolute atomic E-state index is 0. The van der Waals surface area contributed by atoms with Crippen LogP contribution in [-0.2, 0) is 24.2 Å². The van der Waals surface area contributed by atoms with E-state index in [1.54, 1.807) is 4.90 Å². The number of anilines is 1. The van der Waals surface area contributed by atoms with Gasteiger partial charge in [0.2, 0.25) is 5.91 Å². The molecule has 0 aliphatic carbocycles. The van der Waals surface area contributed by atoms with Crippen LogP contribution in [0, 0.1) is 6.92 Å². The molecule has 0 bridgehead atoms. The number of carbonyl (C=O) groups is 1. The predicted molar refractivity (Wildman–Crippen MR) is 147 cm³/mol. The second-order valence-corrected chi connectivity index (χ2v) is 8.76. The summed E-state index contributed by atoms with van der Waals surface area (Å²) in [6.45, 7) is 5.74. The third-order valence-corrected chi connectivity index (χ3v) is 6.38. The Morgan fingerprint density at radius 1 is 1.03 bits per heavy atom. The molecule has 0 saturated heterocycles. The van der Waals surface area contributed by atoms with Gasteiger partial charge in [0.05, 0.1) is 6.61 Å². The Morgan fingerprint density at radius 3 is 2.63 bits per heavy atom. The summed E-state index contributed by atoms with van der Waals surface area (Å²) in [4.78, 5) is 20.4. The zero-order chi connectivity index (χ0) is 23.0. The van der Waals surface area contributed by atoms with Crippen LogP contribution in [0.4, 0.5) is 5.69 Å². The zero-order valence-electron chi connectivity index (χ0n) is 20.5. The molecule has 7 heteroatoms. The molecule has 0 radical (unpaired) electrons. The fourth-order valence-electron chi connectivity index (χ4n) is 4.33. The second-order valence-electron chi connectivity index (χ2n) is 8.76. The van der Waals surface area contributed by atoms with E-state index in [1.807, 2.05) is 37.6 Å². The first-order valence-electron chi connectivity index (χ1n) is 11.8. The van der Waals surface area contributed by atoms with Crippen molar-refractivity contribution in [3.05, 3.63) is 89.2 Å². The first-order chi connectivity index (χ1) is 16.1. The lowest BCUT2D eigenvalue weighted by Gasteiger charge is -2.26. The summed E-state index contributed by atoms with van der Waals surface area (Å²) >= 11 is 0. The lowest BCUT2D eigenvalue weighted by Crippen LogP contribution is -2.31. The molecule has 0 unspecified atom stereocenters. The number of rotatable bonds is 10. The highest BCUT2D eigenvalue weighted by Crippen LogP contribution is 2.30. The number of hydrogen-bond acceptors (Lipinski definition) is 4. The van der Waals surface area contributed by atoms with Crippen LogP contribution < -0.4 is 9.64 Å². The molecule has 0 N–H and O–H groups in total. The van der Waals surface area contributed by atoms with Crippen LogP contribution in [0.1, 0.15) is 35.1 Å². The molecular weight excluding hydrogens is 481 g/mol. The lowest BCUT2D eigenvalue weighted by molar-refractivity contribution is -0.118. The van der Waals surface area contributed by atoms with Crippen LogP contribution in [0.15, 0.2) is 67.0 Å². The smallest absolute Gasteiger partial charge is 0.227 e. The number of fused-ring (bicyclic) bond motifs is 1. The number of benzene rings is 2. The Hall–Kier alpha value is -2.60. The molecule has 1 aromatic heterocycles. The molecule has 188 valence electrons. The zero-order valence-corrected chi connectivity index (χ0v) is 22.1. The first kappa shape index (κ1) is 28.6. The Bertz CT molecular complexity index is 1080. The summed E-state index contributed by atoms with van der Waals surface area (Å²) < 4.78 is 6.08. The molecule has 0 saturated carbocycles. The fourth-order valence-corrected chi connectivity index (χ4v) is 4.33. The first-order valence-corrected chi connectivity index (χ1v) is 11.8. The normalized spacial score (nSPS) is 12.5. The molecule has 0 atom stereocenters. The maximum Gasteiger partial charge on any atom is 0.227 e. The van der Waals surface area contributed by atoms with Gasteiger partial charge in [0.15, 0.2) is 0 Å². The molecule has 2 heterocycles. The molecule has 2 aromatic carbocycles. The van der Waals surface area contributed by atoms with Crippen molar-refractivity contribution in [1.82, 2.24) is 9.88 Å². The SMILES string of the molecule is Cc1ccccc1CN(CCCOc1ccc2c(c1)CCC(=O)N2C)CCc1cccnc1.Cl.Cl. The van der Waals surface area contributed by atoms with Crippen molar-refractivity contribution < 1.29 is 9.53 Å². The number of amides is 1. The molecule has 3 aromatic rings. The Kier molecular flexibility index (Phi) is 11.5. The number of aryl methyl sites for hydroxylation is 2. The van der Waals surface area contributed by atoms with Gasteiger partial charge in [0, 0.05) is 51.2 Å². The summed E-state index contributed by atoms with van der Waals surface area (Å²) in [6, 6.07) is 18.8. The van der Waals surface area contributed by atoms with Crippen molar-refractivity contribution in [3.63, 3.8) is 0 Å². The van der Waals surface area contributed by atoms with E-state index in [9.17, 15) is 4.79 Å². The highest BCUT2D eigenvalue weighted by Gasteiger charge is 2.21. The largest absolute Gasteiger partial charge is 0.494 e. The van der Waals surface area contributed by atoms with E-state index in [0.717, 1.165) is 50.3 Å². The topological polar surface area (TPSA) is 45.7 Å². The van der Waals surface area contributed by atoms with E-state index in [1.165, 1.54) is 22.3 Å². The van der Waals surface area contributed by atoms with Crippen molar-refractivity contribution in [1.29, 1.82) is 0 Å². The summed E-state index contributed by atoms with van der Waals surface area (Å²) in [7, 11) is 1.84. The fraction of sp³-hybridized carbons (Fsp3) is 0.357. The standard InChI is InChI=1S/C28H33N3O2.2ClH/c1-22-7-3-4-9-25(22)21-31(17-14-23-8-5-15-29-20-23)16-6-18-33-26-11-12-27-24(19-26)10-13-28(32)30(27)2;;/h3-5,7-9,11-12,15,19-20H,6,10,13-14,16-18,21H2,1-2H3;2*1H. The lowest BCUT2D eigenvalue weighted by atomic mass is 10.0. The minimum Gasteiger partial charge on any atom is -0.494 e. The van der Waals surface area contributed by atoms with Crippen LogP contribution in [0.2, 0.25) is 0 Å². The molecular formula is C28H35Cl2N3O2. The van der Waals surface area contributed by atoms with Crippen molar-refractivity contribution >= 4 is 36.4 Å². The third kappa shape index (κ3) is 7.96. The second kappa shape index (κ2) is 14.1. The number of hydrogen-bond donors (Lipinski definition) is 0. The van der Waals surface area contributed by atoms with E-state index < -0.39 is 0 Å². The molecule has 1 aliphatic rings. The number of ether oxygens (including phenoxy) is 1. The van der Waals surface area contributed by atoms with E-state index in [-0.39, 0.29) is 30.7 Å². The number of nitrogens with zero attached hydrogens (tertiary/aromatic N) is 3. The van der Waals surface area contributed by atoms with Crippen molar-refractivity contribution in [2.24, 2.45) is 0 Å². The number of halogens is 2. The van der Waals surface area contributed by atoms with Gasteiger partial charge in [-0.1, -0.05) is 30.3 Å². The van der Waals surface area contributed by atoms with Gasteiger partial charge in [-0.05, 0) is 72.7 Å². The van der Waals surface area contributed by atoms with Crippen LogP contribution in [-0.4, -0.2) is 42.5 Å². The molecule has 1 aliphatic heterocycles. The molecule has 4 rings (SSSR count). The quantitative estimate of drug-likeness (QED) is 0.327. The third-order valence-electron chi connectivity index (χ3n) is 6.38. The van der Waals surface area contributed by atoms with Gasteiger partial charge in [-0.2, -0.15) is 0 Å². The number of pyridine rings is 1. The molecule has 0 fully saturated rings. The van der Waals surface area contributed by atoms with Crippen molar-refractivity contribution in [2.45, 2.75) is 39.2 Å². The average molecular weight is 517 g/mol. The van der Waals surface area contributed by atoms with Gasteiger partial charge in [-0.15, -0.1) is 24.8 Å². The highest BCUT2D eigenvalue weighted by atomic mass is 35.5. The van der Waals surface area contributed by atoms with Gasteiger partial charge < -0.3 is 9.64 Å². The van der Waals surface area contributed by atoms with Crippen molar-refractivity contribution in [3.8, 4) is 5.75 Å². The Labute approximate surface area is 221 Å². The van der Waals surface area contributed by atoms with Crippen LogP contribution >= 0.6 is 24.8 Å².